The first-order valence-electron chi connectivity index (χ1n) is 8.76. The van der Waals surface area contributed by atoms with Crippen LogP contribution in [0.4, 0.5) is 0 Å². The van der Waals surface area contributed by atoms with Crippen LogP contribution in [0.25, 0.3) is 32.8 Å². The highest BCUT2D eigenvalue weighted by Crippen LogP contribution is 2.33. The first kappa shape index (κ1) is 16.4. The predicted octanol–water partition coefficient (Wildman–Crippen LogP) is 4.10. The zero-order valence-corrected chi connectivity index (χ0v) is 15.3. The third-order valence-electron chi connectivity index (χ3n) is 4.51. The van der Waals surface area contributed by atoms with Crippen molar-refractivity contribution in [2.24, 2.45) is 0 Å². The summed E-state index contributed by atoms with van der Waals surface area (Å²) in [6, 6.07) is 3.97. The lowest BCUT2D eigenvalue weighted by Gasteiger charge is -2.10. The van der Waals surface area contributed by atoms with Gasteiger partial charge in [-0.1, -0.05) is 6.92 Å². The van der Waals surface area contributed by atoms with Crippen molar-refractivity contribution in [3.8, 4) is 0 Å². The minimum absolute atomic E-state index is 0.196. The smallest absolute Gasteiger partial charge is 0.357 e. The van der Waals surface area contributed by atoms with E-state index in [1.165, 1.54) is 0 Å². The molecule has 1 aromatic carbocycles. The molecule has 4 aromatic rings. The zero-order valence-electron chi connectivity index (χ0n) is 15.3. The molecule has 0 atom stereocenters. The Morgan fingerprint density at radius 1 is 1.15 bits per heavy atom. The van der Waals surface area contributed by atoms with Crippen LogP contribution < -0.4 is 0 Å². The van der Waals surface area contributed by atoms with Gasteiger partial charge in [0.15, 0.2) is 5.69 Å². The summed E-state index contributed by atoms with van der Waals surface area (Å²) < 4.78 is 5.33. The van der Waals surface area contributed by atoms with Crippen LogP contribution in [0.1, 0.15) is 42.5 Å². The molecule has 0 aliphatic carbocycles. The van der Waals surface area contributed by atoms with Gasteiger partial charge in [0.2, 0.25) is 0 Å². The van der Waals surface area contributed by atoms with Crippen molar-refractivity contribution in [3.63, 3.8) is 0 Å². The van der Waals surface area contributed by atoms with E-state index in [1.807, 2.05) is 39.1 Å². The number of pyridine rings is 1. The Kier molecular flexibility index (Phi) is 3.83. The molecule has 0 unspecified atom stereocenters. The number of hydrogen-bond donors (Lipinski definition) is 1. The molecule has 0 radical (unpaired) electrons. The Morgan fingerprint density at radius 3 is 2.69 bits per heavy atom. The highest BCUT2D eigenvalue weighted by molar-refractivity contribution is 6.20. The molecule has 26 heavy (non-hydrogen) atoms. The summed E-state index contributed by atoms with van der Waals surface area (Å²) in [6.45, 7) is 7.61. The van der Waals surface area contributed by atoms with Crippen LogP contribution in [-0.4, -0.2) is 32.0 Å². The summed E-state index contributed by atoms with van der Waals surface area (Å²) in [6.07, 6.45) is 4.17. The maximum Gasteiger partial charge on any atom is 0.357 e. The lowest BCUT2D eigenvalue weighted by molar-refractivity contribution is 0.0370. The molecule has 0 saturated carbocycles. The number of hydrogen-bond acceptors (Lipinski definition) is 5. The van der Waals surface area contributed by atoms with E-state index in [4.69, 9.17) is 4.74 Å². The molecule has 0 aliphatic rings. The number of H-pyrrole nitrogens is 1. The van der Waals surface area contributed by atoms with Crippen molar-refractivity contribution >= 4 is 38.8 Å². The fraction of sp³-hybridized carbons (Fsp3) is 0.300. The van der Waals surface area contributed by atoms with Gasteiger partial charge >= 0.3 is 5.97 Å². The number of aromatic nitrogens is 4. The molecule has 6 nitrogen and oxygen atoms in total. The topological polar surface area (TPSA) is 80.8 Å². The third kappa shape index (κ3) is 2.49. The lowest BCUT2D eigenvalue weighted by atomic mass is 10.1. The van der Waals surface area contributed by atoms with Crippen LogP contribution in [0, 0.1) is 6.92 Å². The maximum atomic E-state index is 12.4. The molecule has 0 saturated heterocycles. The van der Waals surface area contributed by atoms with E-state index in [0.29, 0.717) is 5.69 Å². The van der Waals surface area contributed by atoms with E-state index in [9.17, 15) is 4.79 Å². The quantitative estimate of drug-likeness (QED) is 0.564. The monoisotopic (exact) mass is 348 g/mol. The average molecular weight is 348 g/mol. The normalized spacial score (nSPS) is 11.7. The Morgan fingerprint density at radius 2 is 1.96 bits per heavy atom. The molecule has 132 valence electrons. The van der Waals surface area contributed by atoms with Gasteiger partial charge in [0, 0.05) is 22.7 Å². The van der Waals surface area contributed by atoms with Gasteiger partial charge in [0.05, 0.1) is 34.4 Å². The van der Waals surface area contributed by atoms with E-state index in [1.54, 1.807) is 6.20 Å². The van der Waals surface area contributed by atoms with Crippen LogP contribution in [0.2, 0.25) is 0 Å². The number of aryl methyl sites for hydroxylation is 2. The molecule has 0 fully saturated rings. The van der Waals surface area contributed by atoms with Gasteiger partial charge in [0.25, 0.3) is 0 Å². The largest absolute Gasteiger partial charge is 0.458 e. The van der Waals surface area contributed by atoms with Crippen LogP contribution in [0.3, 0.4) is 0 Å². The number of rotatable bonds is 3. The van der Waals surface area contributed by atoms with Gasteiger partial charge in [-0.15, -0.1) is 0 Å². The number of nitrogens with zero attached hydrogens (tertiary/aromatic N) is 3. The molecular formula is C20H20N4O2. The number of benzene rings is 1. The van der Waals surface area contributed by atoms with Gasteiger partial charge in [-0.2, -0.15) is 0 Å². The average Bonchev–Trinajstić information content (AvgIpc) is 3.00. The molecule has 0 aliphatic heterocycles. The van der Waals surface area contributed by atoms with Gasteiger partial charge in [-0.05, 0) is 44.9 Å². The molecule has 0 amide bonds. The van der Waals surface area contributed by atoms with Crippen molar-refractivity contribution in [1.82, 2.24) is 19.9 Å². The summed E-state index contributed by atoms with van der Waals surface area (Å²) in [5.74, 6) is -0.415. The fourth-order valence-electron chi connectivity index (χ4n) is 3.29. The molecule has 6 heteroatoms. The molecule has 0 bridgehead atoms. The molecule has 0 spiro atoms. The lowest BCUT2D eigenvalue weighted by Crippen LogP contribution is -2.14. The first-order valence-corrected chi connectivity index (χ1v) is 8.76. The number of carbonyl (C=O) groups excluding carboxylic acids is 1. The molecule has 1 N–H and O–H groups in total. The van der Waals surface area contributed by atoms with E-state index in [0.717, 1.165) is 50.5 Å². The van der Waals surface area contributed by atoms with E-state index < -0.39 is 5.97 Å². The first-order chi connectivity index (χ1) is 12.5. The number of aromatic amines is 1. The van der Waals surface area contributed by atoms with Crippen molar-refractivity contribution < 1.29 is 9.53 Å². The van der Waals surface area contributed by atoms with Crippen LogP contribution in [0.5, 0.6) is 0 Å². The van der Waals surface area contributed by atoms with Crippen LogP contribution in [0.15, 0.2) is 24.5 Å². The highest BCUT2D eigenvalue weighted by Gasteiger charge is 2.20. The predicted molar refractivity (Wildman–Crippen MR) is 101 cm³/mol. The summed E-state index contributed by atoms with van der Waals surface area (Å²) in [7, 11) is 0. The van der Waals surface area contributed by atoms with E-state index in [2.05, 4.69) is 26.9 Å². The Bertz CT molecular complexity index is 1160. The van der Waals surface area contributed by atoms with Crippen molar-refractivity contribution in [3.05, 3.63) is 41.5 Å². The summed E-state index contributed by atoms with van der Waals surface area (Å²) in [4.78, 5) is 29.4. The van der Waals surface area contributed by atoms with Gasteiger partial charge in [0.1, 0.15) is 0 Å². The minimum atomic E-state index is -0.415. The number of esters is 1. The van der Waals surface area contributed by atoms with Gasteiger partial charge < -0.3 is 9.72 Å². The summed E-state index contributed by atoms with van der Waals surface area (Å²) in [5, 5.41) is 1.84. The minimum Gasteiger partial charge on any atom is -0.458 e. The molecule has 3 aromatic heterocycles. The third-order valence-corrected chi connectivity index (χ3v) is 4.51. The highest BCUT2D eigenvalue weighted by atomic mass is 16.5. The Labute approximate surface area is 150 Å². The molecule has 4 rings (SSSR count). The number of carbonyl (C=O) groups is 1. The molecular weight excluding hydrogens is 328 g/mol. The van der Waals surface area contributed by atoms with Crippen molar-refractivity contribution in [2.75, 3.05) is 0 Å². The van der Waals surface area contributed by atoms with Crippen molar-refractivity contribution in [1.29, 1.82) is 0 Å². The van der Waals surface area contributed by atoms with Crippen LogP contribution in [-0.2, 0) is 11.2 Å². The second-order valence-corrected chi connectivity index (χ2v) is 6.68. The summed E-state index contributed by atoms with van der Waals surface area (Å²) in [5.41, 5.74) is 5.56. The number of nitrogens with one attached hydrogen (secondary N) is 1. The fourth-order valence-corrected chi connectivity index (χ4v) is 3.29. The summed E-state index contributed by atoms with van der Waals surface area (Å²) >= 11 is 0. The second-order valence-electron chi connectivity index (χ2n) is 6.68. The van der Waals surface area contributed by atoms with Gasteiger partial charge in [-0.3, -0.25) is 4.98 Å². The maximum absolute atomic E-state index is 12.4. The standard InChI is InChI=1S/C20H20N4O2/c1-5-12-8-21-19-14(23-12)7-6-13-17(19)16-11(4)18(20(25)26-10(2)3)22-9-15(16)24-13/h6-10,23H,5H2,1-4H3. The van der Waals surface area contributed by atoms with Gasteiger partial charge in [-0.25, -0.2) is 14.8 Å². The van der Waals surface area contributed by atoms with E-state index >= 15 is 0 Å². The molecule has 3 heterocycles. The van der Waals surface area contributed by atoms with E-state index in [-0.39, 0.29) is 6.10 Å². The SMILES string of the molecule is CCc1cnc2c(ccc3nc4cnc(C(=O)OC(C)C)c(C)c4c32)[nH]1. The second kappa shape index (κ2) is 6.05. The van der Waals surface area contributed by atoms with Crippen molar-refractivity contribution in [2.45, 2.75) is 40.2 Å². The zero-order chi connectivity index (χ0) is 18.4. The van der Waals surface area contributed by atoms with Crippen LogP contribution >= 0.6 is 0 Å². The number of fused-ring (bicyclic) bond motifs is 5. The Balaban J connectivity index is 2.04. The Hall–Kier alpha value is -3.02. The number of ether oxygens (including phenoxy) is 1.